The van der Waals surface area contributed by atoms with Gasteiger partial charge in [0.15, 0.2) is 5.96 Å². The molecule has 2 rings (SSSR count). The minimum absolute atomic E-state index is 0.181. The second-order valence-corrected chi connectivity index (χ2v) is 4.94. The quantitative estimate of drug-likeness (QED) is 0.743. The van der Waals surface area contributed by atoms with Gasteiger partial charge in [-0.3, -0.25) is 4.99 Å². The van der Waals surface area contributed by atoms with Crippen LogP contribution in [0.15, 0.2) is 4.99 Å². The van der Waals surface area contributed by atoms with Gasteiger partial charge in [0.25, 0.3) is 0 Å². The van der Waals surface area contributed by atoms with Crippen molar-refractivity contribution < 1.29 is 0 Å². The molecule has 1 fully saturated rings. The van der Waals surface area contributed by atoms with E-state index < -0.39 is 0 Å². The average molecular weight is 195 g/mol. The summed E-state index contributed by atoms with van der Waals surface area (Å²) in [6.45, 7) is 7.74. The summed E-state index contributed by atoms with van der Waals surface area (Å²) < 4.78 is 0. The van der Waals surface area contributed by atoms with Gasteiger partial charge in [0.1, 0.15) is 0 Å². The van der Waals surface area contributed by atoms with E-state index in [4.69, 9.17) is 5.73 Å². The summed E-state index contributed by atoms with van der Waals surface area (Å²) in [6, 6.07) is 0.681. The standard InChI is InChI=1S/C11H21N3/c1-4-8(2)11(3)7-13-10(12)14(11)9-5-6-9/h8-9H,4-7H2,1-3H3,(H2,12,13). The molecule has 2 aliphatic rings. The van der Waals surface area contributed by atoms with Crippen LogP contribution in [0.3, 0.4) is 0 Å². The van der Waals surface area contributed by atoms with Crippen molar-refractivity contribution in [3.8, 4) is 0 Å². The third kappa shape index (κ3) is 1.30. The largest absolute Gasteiger partial charge is 0.370 e. The molecular weight excluding hydrogens is 174 g/mol. The molecule has 2 unspecified atom stereocenters. The lowest BCUT2D eigenvalue weighted by Crippen LogP contribution is -2.54. The Morgan fingerprint density at radius 3 is 2.79 bits per heavy atom. The van der Waals surface area contributed by atoms with Crippen LogP contribution in [-0.2, 0) is 0 Å². The number of aliphatic imine (C=N–C) groups is 1. The summed E-state index contributed by atoms with van der Waals surface area (Å²) in [7, 11) is 0. The Morgan fingerprint density at radius 2 is 2.29 bits per heavy atom. The molecule has 2 N–H and O–H groups in total. The van der Waals surface area contributed by atoms with Crippen molar-refractivity contribution in [3.05, 3.63) is 0 Å². The van der Waals surface area contributed by atoms with E-state index in [2.05, 4.69) is 30.7 Å². The first-order valence-corrected chi connectivity index (χ1v) is 5.69. The molecule has 0 aromatic rings. The summed E-state index contributed by atoms with van der Waals surface area (Å²) in [4.78, 5) is 6.80. The van der Waals surface area contributed by atoms with E-state index in [1.54, 1.807) is 0 Å². The molecule has 80 valence electrons. The van der Waals surface area contributed by atoms with Crippen molar-refractivity contribution in [1.29, 1.82) is 0 Å². The van der Waals surface area contributed by atoms with Gasteiger partial charge in [0.05, 0.1) is 12.1 Å². The highest BCUT2D eigenvalue weighted by molar-refractivity contribution is 5.81. The first-order valence-electron chi connectivity index (χ1n) is 5.69. The molecule has 1 saturated carbocycles. The van der Waals surface area contributed by atoms with Gasteiger partial charge in [0.2, 0.25) is 0 Å². The molecule has 0 aromatic heterocycles. The maximum absolute atomic E-state index is 5.96. The van der Waals surface area contributed by atoms with E-state index in [0.29, 0.717) is 12.0 Å². The number of hydrogen-bond acceptors (Lipinski definition) is 3. The number of hydrogen-bond donors (Lipinski definition) is 1. The molecule has 1 heterocycles. The second kappa shape index (κ2) is 3.14. The van der Waals surface area contributed by atoms with E-state index in [0.717, 1.165) is 12.5 Å². The molecular formula is C11H21N3. The van der Waals surface area contributed by atoms with Gasteiger partial charge >= 0.3 is 0 Å². The van der Waals surface area contributed by atoms with Gasteiger partial charge in [-0.05, 0) is 25.7 Å². The molecule has 1 aliphatic heterocycles. The van der Waals surface area contributed by atoms with Gasteiger partial charge in [-0.1, -0.05) is 20.3 Å². The predicted molar refractivity (Wildman–Crippen MR) is 59.2 cm³/mol. The zero-order chi connectivity index (χ0) is 10.3. The average Bonchev–Trinajstić information content (AvgIpc) is 2.94. The molecule has 0 aromatic carbocycles. The third-order valence-corrected chi connectivity index (χ3v) is 3.94. The van der Waals surface area contributed by atoms with E-state index in [1.165, 1.54) is 19.3 Å². The van der Waals surface area contributed by atoms with E-state index >= 15 is 0 Å². The zero-order valence-electron chi connectivity index (χ0n) is 9.45. The van der Waals surface area contributed by atoms with Crippen LogP contribution in [-0.4, -0.2) is 29.0 Å². The summed E-state index contributed by atoms with van der Waals surface area (Å²) in [5.74, 6) is 1.43. The fourth-order valence-corrected chi connectivity index (χ4v) is 2.42. The molecule has 14 heavy (non-hydrogen) atoms. The molecule has 0 amide bonds. The topological polar surface area (TPSA) is 41.6 Å². The summed E-state index contributed by atoms with van der Waals surface area (Å²) in [5, 5.41) is 0. The Bertz CT molecular complexity index is 257. The van der Waals surface area contributed by atoms with Crippen molar-refractivity contribution in [1.82, 2.24) is 4.90 Å². The molecule has 0 spiro atoms. The number of rotatable bonds is 3. The van der Waals surface area contributed by atoms with Crippen LogP contribution in [0.25, 0.3) is 0 Å². The molecule has 0 saturated heterocycles. The maximum Gasteiger partial charge on any atom is 0.192 e. The van der Waals surface area contributed by atoms with Gasteiger partial charge in [-0.15, -0.1) is 0 Å². The third-order valence-electron chi connectivity index (χ3n) is 3.94. The van der Waals surface area contributed by atoms with Crippen molar-refractivity contribution in [3.63, 3.8) is 0 Å². The monoisotopic (exact) mass is 195 g/mol. The smallest absolute Gasteiger partial charge is 0.192 e. The second-order valence-electron chi connectivity index (χ2n) is 4.94. The van der Waals surface area contributed by atoms with Crippen molar-refractivity contribution in [2.45, 2.75) is 51.6 Å². The van der Waals surface area contributed by atoms with E-state index in [1.807, 2.05) is 0 Å². The molecule has 3 nitrogen and oxygen atoms in total. The van der Waals surface area contributed by atoms with E-state index in [-0.39, 0.29) is 5.54 Å². The Kier molecular flexibility index (Phi) is 2.20. The zero-order valence-corrected chi connectivity index (χ0v) is 9.45. The highest BCUT2D eigenvalue weighted by Crippen LogP contribution is 2.40. The molecule has 0 bridgehead atoms. The molecule has 3 heteroatoms. The fraction of sp³-hybridized carbons (Fsp3) is 0.909. The maximum atomic E-state index is 5.96. The summed E-state index contributed by atoms with van der Waals surface area (Å²) in [5.41, 5.74) is 6.14. The van der Waals surface area contributed by atoms with Crippen LogP contribution in [0.1, 0.15) is 40.0 Å². The first-order chi connectivity index (χ1) is 6.59. The lowest BCUT2D eigenvalue weighted by molar-refractivity contribution is 0.139. The SMILES string of the molecule is CCC(C)C1(C)CN=C(N)N1C1CC1. The minimum atomic E-state index is 0.181. The minimum Gasteiger partial charge on any atom is -0.370 e. The first kappa shape index (κ1) is 9.81. The van der Waals surface area contributed by atoms with Crippen molar-refractivity contribution in [2.75, 3.05) is 6.54 Å². The molecule has 0 radical (unpaired) electrons. The van der Waals surface area contributed by atoms with Crippen LogP contribution in [0.5, 0.6) is 0 Å². The Balaban J connectivity index is 2.19. The van der Waals surface area contributed by atoms with Crippen LogP contribution in [0.2, 0.25) is 0 Å². The fourth-order valence-electron chi connectivity index (χ4n) is 2.42. The van der Waals surface area contributed by atoms with Crippen molar-refractivity contribution >= 4 is 5.96 Å². The predicted octanol–water partition coefficient (Wildman–Crippen LogP) is 1.58. The molecule has 2 atom stereocenters. The summed E-state index contributed by atoms with van der Waals surface area (Å²) >= 11 is 0. The van der Waals surface area contributed by atoms with Crippen LogP contribution >= 0.6 is 0 Å². The van der Waals surface area contributed by atoms with Crippen LogP contribution in [0.4, 0.5) is 0 Å². The Hall–Kier alpha value is -0.730. The van der Waals surface area contributed by atoms with Gasteiger partial charge in [-0.25, -0.2) is 0 Å². The van der Waals surface area contributed by atoms with Crippen LogP contribution < -0.4 is 5.73 Å². The lowest BCUT2D eigenvalue weighted by atomic mass is 9.84. The highest BCUT2D eigenvalue weighted by atomic mass is 15.4. The number of nitrogens with zero attached hydrogens (tertiary/aromatic N) is 2. The van der Waals surface area contributed by atoms with Gasteiger partial charge in [-0.2, -0.15) is 0 Å². The van der Waals surface area contributed by atoms with Crippen molar-refractivity contribution in [2.24, 2.45) is 16.6 Å². The Morgan fingerprint density at radius 1 is 1.64 bits per heavy atom. The number of nitrogens with two attached hydrogens (primary N) is 1. The van der Waals surface area contributed by atoms with E-state index in [9.17, 15) is 0 Å². The van der Waals surface area contributed by atoms with Gasteiger partial charge in [0, 0.05) is 6.04 Å². The normalized spacial score (nSPS) is 34.5. The lowest BCUT2D eigenvalue weighted by Gasteiger charge is -2.41. The highest BCUT2D eigenvalue weighted by Gasteiger charge is 2.47. The van der Waals surface area contributed by atoms with Crippen LogP contribution in [0, 0.1) is 5.92 Å². The molecule has 1 aliphatic carbocycles. The Labute approximate surface area is 86.4 Å². The van der Waals surface area contributed by atoms with Gasteiger partial charge < -0.3 is 10.6 Å². The number of guanidine groups is 1. The summed E-state index contributed by atoms with van der Waals surface area (Å²) in [6.07, 6.45) is 3.78.